The third-order valence-electron chi connectivity index (χ3n) is 3.66. The summed E-state index contributed by atoms with van der Waals surface area (Å²) in [6.07, 6.45) is 1.39. The fourth-order valence-corrected chi connectivity index (χ4v) is 2.51. The van der Waals surface area contributed by atoms with Gasteiger partial charge in [-0.2, -0.15) is 0 Å². The van der Waals surface area contributed by atoms with Crippen molar-refractivity contribution >= 4 is 23.3 Å². The van der Waals surface area contributed by atoms with E-state index in [2.05, 4.69) is 4.90 Å². The van der Waals surface area contributed by atoms with Crippen LogP contribution in [0, 0.1) is 5.92 Å². The fraction of sp³-hybridized carbons (Fsp3) is 0.429. The molecule has 1 aliphatic heterocycles. The number of piperidine rings is 1. The maximum Gasteiger partial charge on any atom is 0.340 e. The second-order valence-corrected chi connectivity index (χ2v) is 4.93. The molecule has 20 heavy (non-hydrogen) atoms. The van der Waals surface area contributed by atoms with Crippen molar-refractivity contribution in [3.63, 3.8) is 0 Å². The zero-order valence-corrected chi connectivity index (χ0v) is 11.5. The summed E-state index contributed by atoms with van der Waals surface area (Å²) in [6, 6.07) is 5.18. The topological polar surface area (TPSA) is 98.7 Å². The minimum absolute atomic E-state index is 0.0818. The third-order valence-corrected chi connectivity index (χ3v) is 3.66. The molecule has 1 fully saturated rings. The van der Waals surface area contributed by atoms with Gasteiger partial charge in [0.15, 0.2) is 0 Å². The van der Waals surface area contributed by atoms with E-state index in [9.17, 15) is 9.59 Å². The molecule has 0 aromatic heterocycles. The number of carbonyl (C=O) groups is 2. The maximum absolute atomic E-state index is 11.8. The molecule has 0 aliphatic carbocycles. The van der Waals surface area contributed by atoms with E-state index in [0.717, 1.165) is 5.69 Å². The molecule has 0 bridgehead atoms. The lowest BCUT2D eigenvalue weighted by atomic mass is 9.95. The van der Waals surface area contributed by atoms with Crippen molar-refractivity contribution in [2.45, 2.75) is 12.8 Å². The zero-order valence-electron chi connectivity index (χ0n) is 11.5. The third kappa shape index (κ3) is 2.84. The quantitative estimate of drug-likeness (QED) is 0.627. The number of hydrogen-bond acceptors (Lipinski definition) is 5. The van der Waals surface area contributed by atoms with Crippen LogP contribution in [0.25, 0.3) is 0 Å². The number of esters is 1. The predicted molar refractivity (Wildman–Crippen MR) is 76.3 cm³/mol. The van der Waals surface area contributed by atoms with Crippen LogP contribution < -0.4 is 16.4 Å². The van der Waals surface area contributed by atoms with Crippen LogP contribution in [0.2, 0.25) is 0 Å². The number of benzene rings is 1. The van der Waals surface area contributed by atoms with Crippen LogP contribution in [0.4, 0.5) is 11.4 Å². The summed E-state index contributed by atoms with van der Waals surface area (Å²) in [4.78, 5) is 25.1. The van der Waals surface area contributed by atoms with Crippen molar-refractivity contribution in [3.05, 3.63) is 23.8 Å². The average Bonchev–Trinajstić information content (AvgIpc) is 2.46. The highest BCUT2D eigenvalue weighted by Gasteiger charge is 2.25. The minimum Gasteiger partial charge on any atom is -0.465 e. The first-order valence-corrected chi connectivity index (χ1v) is 6.55. The summed E-state index contributed by atoms with van der Waals surface area (Å²) < 4.78 is 4.79. The van der Waals surface area contributed by atoms with E-state index in [1.165, 1.54) is 7.11 Å². The minimum atomic E-state index is -0.413. The number of methoxy groups -OCH3 is 1. The number of primary amides is 1. The number of anilines is 2. The van der Waals surface area contributed by atoms with E-state index in [-0.39, 0.29) is 11.8 Å². The first-order chi connectivity index (χ1) is 9.52. The number of hydrogen-bond donors (Lipinski definition) is 2. The number of nitrogens with two attached hydrogens (primary N) is 2. The Morgan fingerprint density at radius 1 is 1.30 bits per heavy atom. The maximum atomic E-state index is 11.8. The highest BCUT2D eigenvalue weighted by atomic mass is 16.5. The van der Waals surface area contributed by atoms with Crippen molar-refractivity contribution in [1.82, 2.24) is 0 Å². The molecule has 0 spiro atoms. The molecular formula is C14H19N3O3. The predicted octanol–water partition coefficient (Wildman–Crippen LogP) is 0.757. The van der Waals surface area contributed by atoms with E-state index in [1.807, 2.05) is 6.07 Å². The highest BCUT2D eigenvalue weighted by Crippen LogP contribution is 2.28. The van der Waals surface area contributed by atoms with Gasteiger partial charge in [0.05, 0.1) is 18.4 Å². The average molecular weight is 277 g/mol. The highest BCUT2D eigenvalue weighted by molar-refractivity contribution is 5.97. The van der Waals surface area contributed by atoms with Gasteiger partial charge in [0.2, 0.25) is 5.91 Å². The van der Waals surface area contributed by atoms with E-state index in [1.54, 1.807) is 12.1 Å². The number of rotatable bonds is 3. The smallest absolute Gasteiger partial charge is 0.340 e. The molecule has 0 atom stereocenters. The molecule has 0 radical (unpaired) electrons. The van der Waals surface area contributed by atoms with Crippen molar-refractivity contribution in [2.75, 3.05) is 30.8 Å². The Kier molecular flexibility index (Phi) is 4.12. The normalized spacial score (nSPS) is 15.9. The molecule has 1 heterocycles. The molecule has 6 heteroatoms. The summed E-state index contributed by atoms with van der Waals surface area (Å²) in [5.41, 5.74) is 12.8. The number of nitrogen functional groups attached to an aromatic ring is 1. The lowest BCUT2D eigenvalue weighted by Gasteiger charge is -2.33. The van der Waals surface area contributed by atoms with Crippen LogP contribution in [-0.2, 0) is 9.53 Å². The molecule has 1 aromatic carbocycles. The molecule has 0 saturated carbocycles. The second-order valence-electron chi connectivity index (χ2n) is 4.93. The van der Waals surface area contributed by atoms with E-state index < -0.39 is 5.97 Å². The van der Waals surface area contributed by atoms with Crippen LogP contribution in [0.3, 0.4) is 0 Å². The van der Waals surface area contributed by atoms with Crippen LogP contribution in [0.5, 0.6) is 0 Å². The Bertz CT molecular complexity index is 522. The molecule has 1 amide bonds. The Morgan fingerprint density at radius 3 is 2.50 bits per heavy atom. The Hall–Kier alpha value is -2.24. The van der Waals surface area contributed by atoms with E-state index in [4.69, 9.17) is 16.2 Å². The lowest BCUT2D eigenvalue weighted by molar-refractivity contribution is -0.122. The van der Waals surface area contributed by atoms with Gasteiger partial charge in [-0.25, -0.2) is 4.79 Å². The van der Waals surface area contributed by atoms with Crippen molar-refractivity contribution in [3.8, 4) is 0 Å². The summed E-state index contributed by atoms with van der Waals surface area (Å²) >= 11 is 0. The van der Waals surface area contributed by atoms with Crippen molar-refractivity contribution in [2.24, 2.45) is 11.7 Å². The standard InChI is InChI=1S/C14H19N3O3/c1-20-14(19)11-8-10(15)2-3-12(11)17-6-4-9(5-7-17)13(16)18/h2-3,8-9H,4-7,15H2,1H3,(H2,16,18). The van der Waals surface area contributed by atoms with Gasteiger partial charge in [-0.3, -0.25) is 4.79 Å². The largest absolute Gasteiger partial charge is 0.465 e. The first-order valence-electron chi connectivity index (χ1n) is 6.55. The van der Waals surface area contributed by atoms with Gasteiger partial charge in [0.1, 0.15) is 0 Å². The van der Waals surface area contributed by atoms with Gasteiger partial charge in [-0.05, 0) is 31.0 Å². The van der Waals surface area contributed by atoms with Crippen LogP contribution in [0.1, 0.15) is 23.2 Å². The number of amides is 1. The van der Waals surface area contributed by atoms with Gasteiger partial charge in [0.25, 0.3) is 0 Å². The number of carbonyl (C=O) groups excluding carboxylic acids is 2. The molecular weight excluding hydrogens is 258 g/mol. The van der Waals surface area contributed by atoms with E-state index >= 15 is 0 Å². The zero-order chi connectivity index (χ0) is 14.7. The summed E-state index contributed by atoms with van der Waals surface area (Å²) in [6.45, 7) is 1.36. The Balaban J connectivity index is 2.21. The van der Waals surface area contributed by atoms with Crippen LogP contribution in [-0.4, -0.2) is 32.1 Å². The molecule has 6 nitrogen and oxygen atoms in total. The summed E-state index contributed by atoms with van der Waals surface area (Å²) in [7, 11) is 1.34. The fourth-order valence-electron chi connectivity index (χ4n) is 2.51. The number of ether oxygens (including phenoxy) is 1. The van der Waals surface area contributed by atoms with Crippen molar-refractivity contribution in [1.29, 1.82) is 0 Å². The molecule has 108 valence electrons. The van der Waals surface area contributed by atoms with Gasteiger partial charge < -0.3 is 21.1 Å². The summed E-state index contributed by atoms with van der Waals surface area (Å²) in [5.74, 6) is -0.749. The van der Waals surface area contributed by atoms with Gasteiger partial charge in [0, 0.05) is 24.7 Å². The molecule has 1 aliphatic rings. The first kappa shape index (κ1) is 14.2. The lowest BCUT2D eigenvalue weighted by Crippen LogP contribution is -2.39. The molecule has 1 saturated heterocycles. The molecule has 4 N–H and O–H groups in total. The van der Waals surface area contributed by atoms with Crippen molar-refractivity contribution < 1.29 is 14.3 Å². The van der Waals surface area contributed by atoms with E-state index in [0.29, 0.717) is 37.2 Å². The van der Waals surface area contributed by atoms with Crippen LogP contribution in [0.15, 0.2) is 18.2 Å². The van der Waals surface area contributed by atoms with Gasteiger partial charge >= 0.3 is 5.97 Å². The summed E-state index contributed by atoms with van der Waals surface area (Å²) in [5, 5.41) is 0. The second kappa shape index (κ2) is 5.81. The monoisotopic (exact) mass is 277 g/mol. The SMILES string of the molecule is COC(=O)c1cc(N)ccc1N1CCC(C(N)=O)CC1. The van der Waals surface area contributed by atoms with Gasteiger partial charge in [-0.1, -0.05) is 0 Å². The number of nitrogens with zero attached hydrogens (tertiary/aromatic N) is 1. The Morgan fingerprint density at radius 2 is 1.95 bits per heavy atom. The molecule has 0 unspecified atom stereocenters. The molecule has 1 aromatic rings. The molecule has 2 rings (SSSR count). The van der Waals surface area contributed by atoms with Crippen LogP contribution >= 0.6 is 0 Å². The Labute approximate surface area is 117 Å². The van der Waals surface area contributed by atoms with Gasteiger partial charge in [-0.15, -0.1) is 0 Å².